The largest absolute Gasteiger partial charge is 0.378 e. The molecule has 0 radical (unpaired) electrons. The van der Waals surface area contributed by atoms with Crippen molar-refractivity contribution in [3.63, 3.8) is 0 Å². The highest BCUT2D eigenvalue weighted by Crippen LogP contribution is 2.26. The van der Waals surface area contributed by atoms with Gasteiger partial charge in [-0.05, 0) is 48.9 Å². The van der Waals surface area contributed by atoms with E-state index in [0.29, 0.717) is 18.9 Å². The van der Waals surface area contributed by atoms with Crippen molar-refractivity contribution in [2.24, 2.45) is 0 Å². The second-order valence-electron chi connectivity index (χ2n) is 7.05. The molecule has 1 fully saturated rings. The van der Waals surface area contributed by atoms with Gasteiger partial charge in [0.25, 0.3) is 0 Å². The second kappa shape index (κ2) is 8.35. The van der Waals surface area contributed by atoms with Gasteiger partial charge in [0.15, 0.2) is 0 Å². The number of rotatable bonds is 4. The number of aromatic nitrogens is 1. The summed E-state index contributed by atoms with van der Waals surface area (Å²) < 4.78 is 19.3. The number of ether oxygens (including phenoxy) is 1. The Labute approximate surface area is 173 Å². The summed E-state index contributed by atoms with van der Waals surface area (Å²) in [7, 11) is 0. The topological polar surface area (TPSA) is 54.5 Å². The van der Waals surface area contributed by atoms with Crippen LogP contribution in [0.3, 0.4) is 0 Å². The van der Waals surface area contributed by atoms with E-state index in [0.717, 1.165) is 35.4 Å². The van der Waals surface area contributed by atoms with Crippen LogP contribution in [0.5, 0.6) is 0 Å². The van der Waals surface area contributed by atoms with E-state index in [2.05, 4.69) is 16.3 Å². The molecule has 0 saturated carbocycles. The number of nitrogens with zero attached hydrogens (tertiary/aromatic N) is 2. The molecule has 0 atom stereocenters. The SMILES string of the molecule is Cc1cc(N2CCOCC2)nc2ccc(NC(=O)Cc3c(F)cccc3Cl)cc12. The maximum Gasteiger partial charge on any atom is 0.228 e. The molecule has 1 aromatic heterocycles. The zero-order valence-corrected chi connectivity index (χ0v) is 16.8. The zero-order chi connectivity index (χ0) is 20.4. The Morgan fingerprint density at radius 2 is 2.03 bits per heavy atom. The van der Waals surface area contributed by atoms with Crippen LogP contribution >= 0.6 is 11.6 Å². The molecule has 3 aromatic rings. The molecule has 1 saturated heterocycles. The smallest absolute Gasteiger partial charge is 0.228 e. The van der Waals surface area contributed by atoms with Crippen molar-refractivity contribution in [3.05, 3.63) is 64.4 Å². The molecular weight excluding hydrogens is 393 g/mol. The fourth-order valence-electron chi connectivity index (χ4n) is 3.48. The van der Waals surface area contributed by atoms with E-state index in [9.17, 15) is 9.18 Å². The minimum atomic E-state index is -0.484. The average Bonchev–Trinajstić information content (AvgIpc) is 2.72. The predicted molar refractivity (Wildman–Crippen MR) is 113 cm³/mol. The average molecular weight is 414 g/mol. The number of morpholine rings is 1. The van der Waals surface area contributed by atoms with Crippen LogP contribution in [0, 0.1) is 12.7 Å². The lowest BCUT2D eigenvalue weighted by Gasteiger charge is -2.28. The molecule has 2 aromatic carbocycles. The fourth-order valence-corrected chi connectivity index (χ4v) is 3.71. The van der Waals surface area contributed by atoms with E-state index in [1.165, 1.54) is 12.1 Å². The van der Waals surface area contributed by atoms with Gasteiger partial charge in [-0.1, -0.05) is 17.7 Å². The number of hydrogen-bond donors (Lipinski definition) is 1. The van der Waals surface area contributed by atoms with E-state index in [4.69, 9.17) is 21.3 Å². The normalized spacial score (nSPS) is 14.2. The first-order valence-corrected chi connectivity index (χ1v) is 9.86. The molecule has 1 aliphatic heterocycles. The van der Waals surface area contributed by atoms with Gasteiger partial charge >= 0.3 is 0 Å². The lowest BCUT2D eigenvalue weighted by Crippen LogP contribution is -2.36. The minimum Gasteiger partial charge on any atom is -0.378 e. The first kappa shape index (κ1) is 19.6. The van der Waals surface area contributed by atoms with Crippen LogP contribution in [-0.2, 0) is 16.0 Å². The zero-order valence-electron chi connectivity index (χ0n) is 16.0. The minimum absolute atomic E-state index is 0.128. The van der Waals surface area contributed by atoms with Gasteiger partial charge in [-0.25, -0.2) is 9.37 Å². The van der Waals surface area contributed by atoms with Gasteiger partial charge in [0.05, 0.1) is 25.2 Å². The fraction of sp³-hybridized carbons (Fsp3) is 0.273. The Kier molecular flexibility index (Phi) is 5.65. The lowest BCUT2D eigenvalue weighted by atomic mass is 10.1. The molecule has 150 valence electrons. The first-order valence-electron chi connectivity index (χ1n) is 9.48. The number of hydrogen-bond acceptors (Lipinski definition) is 4. The third kappa shape index (κ3) is 4.33. The number of carbonyl (C=O) groups is 1. The van der Waals surface area contributed by atoms with Gasteiger partial charge in [-0.3, -0.25) is 4.79 Å². The highest BCUT2D eigenvalue weighted by Gasteiger charge is 2.15. The van der Waals surface area contributed by atoms with Crippen LogP contribution in [0.1, 0.15) is 11.1 Å². The van der Waals surface area contributed by atoms with Crippen LogP contribution in [0.15, 0.2) is 42.5 Å². The molecule has 1 N–H and O–H groups in total. The molecular formula is C22H21ClFN3O2. The number of pyridine rings is 1. The molecule has 0 bridgehead atoms. The van der Waals surface area contributed by atoms with E-state index in [1.807, 2.05) is 19.1 Å². The number of anilines is 2. The first-order chi connectivity index (χ1) is 14.0. The van der Waals surface area contributed by atoms with Gasteiger partial charge in [0.2, 0.25) is 5.91 Å². The highest BCUT2D eigenvalue weighted by atomic mass is 35.5. The summed E-state index contributed by atoms with van der Waals surface area (Å²) in [5.74, 6) is 0.123. The van der Waals surface area contributed by atoms with Crippen molar-refractivity contribution in [1.29, 1.82) is 0 Å². The number of benzene rings is 2. The summed E-state index contributed by atoms with van der Waals surface area (Å²) >= 11 is 6.01. The number of carbonyl (C=O) groups excluding carboxylic acids is 1. The summed E-state index contributed by atoms with van der Waals surface area (Å²) in [5, 5.41) is 4.03. The molecule has 5 nitrogen and oxygen atoms in total. The Hall–Kier alpha value is -2.70. The molecule has 4 rings (SSSR count). The van der Waals surface area contributed by atoms with E-state index in [-0.39, 0.29) is 22.9 Å². The third-order valence-electron chi connectivity index (χ3n) is 5.02. The summed E-state index contributed by atoms with van der Waals surface area (Å²) in [6.07, 6.45) is -0.128. The maximum absolute atomic E-state index is 13.9. The summed E-state index contributed by atoms with van der Waals surface area (Å²) in [5.41, 5.74) is 2.77. The van der Waals surface area contributed by atoms with Crippen LogP contribution in [-0.4, -0.2) is 37.2 Å². The van der Waals surface area contributed by atoms with Crippen molar-refractivity contribution >= 4 is 39.9 Å². The summed E-state index contributed by atoms with van der Waals surface area (Å²) in [6, 6.07) is 12.0. The third-order valence-corrected chi connectivity index (χ3v) is 5.37. The van der Waals surface area contributed by atoms with Crippen LogP contribution in [0.4, 0.5) is 15.9 Å². The molecule has 0 unspecified atom stereocenters. The Bertz CT molecular complexity index is 1050. The maximum atomic E-state index is 13.9. The van der Waals surface area contributed by atoms with Gasteiger partial charge in [-0.2, -0.15) is 0 Å². The quantitative estimate of drug-likeness (QED) is 0.690. The molecule has 2 heterocycles. The van der Waals surface area contributed by atoms with Gasteiger partial charge in [0.1, 0.15) is 11.6 Å². The van der Waals surface area contributed by atoms with Crippen LogP contribution in [0.25, 0.3) is 10.9 Å². The number of fused-ring (bicyclic) bond motifs is 1. The highest BCUT2D eigenvalue weighted by molar-refractivity contribution is 6.31. The van der Waals surface area contributed by atoms with Crippen LogP contribution in [0.2, 0.25) is 5.02 Å². The van der Waals surface area contributed by atoms with Crippen molar-refractivity contribution in [1.82, 2.24) is 4.98 Å². The number of nitrogens with one attached hydrogen (secondary N) is 1. The molecule has 1 aliphatic rings. The Balaban J connectivity index is 1.54. The monoisotopic (exact) mass is 413 g/mol. The van der Waals surface area contributed by atoms with E-state index in [1.54, 1.807) is 12.1 Å². The standard InChI is InChI=1S/C22H21ClFN3O2/c1-14-11-21(27-7-9-29-10-8-27)26-20-6-5-15(12-16(14)20)25-22(28)13-17-18(23)3-2-4-19(17)24/h2-6,11-12H,7-10,13H2,1H3,(H,25,28). The van der Waals surface area contributed by atoms with Crippen LogP contribution < -0.4 is 10.2 Å². The second-order valence-corrected chi connectivity index (χ2v) is 7.46. The molecule has 0 spiro atoms. The van der Waals surface area contributed by atoms with E-state index >= 15 is 0 Å². The molecule has 29 heavy (non-hydrogen) atoms. The Morgan fingerprint density at radius 3 is 2.79 bits per heavy atom. The Morgan fingerprint density at radius 1 is 1.24 bits per heavy atom. The number of halogens is 2. The van der Waals surface area contributed by atoms with Crippen molar-refractivity contribution < 1.29 is 13.9 Å². The lowest BCUT2D eigenvalue weighted by molar-refractivity contribution is -0.115. The van der Waals surface area contributed by atoms with Gasteiger partial charge < -0.3 is 15.0 Å². The van der Waals surface area contributed by atoms with Gasteiger partial charge in [-0.15, -0.1) is 0 Å². The summed E-state index contributed by atoms with van der Waals surface area (Å²) in [6.45, 7) is 5.08. The number of aryl methyl sites for hydroxylation is 1. The summed E-state index contributed by atoms with van der Waals surface area (Å²) in [4.78, 5) is 19.4. The molecule has 1 amide bonds. The van der Waals surface area contributed by atoms with Crippen molar-refractivity contribution in [2.75, 3.05) is 36.5 Å². The van der Waals surface area contributed by atoms with Gasteiger partial charge in [0, 0.05) is 34.7 Å². The van der Waals surface area contributed by atoms with Crippen molar-refractivity contribution in [2.45, 2.75) is 13.3 Å². The predicted octanol–water partition coefficient (Wildman–Crippen LogP) is 4.35. The van der Waals surface area contributed by atoms with Crippen molar-refractivity contribution in [3.8, 4) is 0 Å². The van der Waals surface area contributed by atoms with E-state index < -0.39 is 5.82 Å². The molecule has 0 aliphatic carbocycles. The molecule has 7 heteroatoms. The number of amides is 1.